The lowest BCUT2D eigenvalue weighted by Crippen LogP contribution is -2.24. The zero-order valence-corrected chi connectivity index (χ0v) is 12.9. The van der Waals surface area contributed by atoms with Crippen molar-refractivity contribution in [3.63, 3.8) is 0 Å². The van der Waals surface area contributed by atoms with Crippen LogP contribution in [-0.2, 0) is 0 Å². The molecule has 0 spiro atoms. The maximum Gasteiger partial charge on any atom is 0.339 e. The number of benzene rings is 2. The Balaban J connectivity index is 1.86. The monoisotopic (exact) mass is 340 g/mol. The number of carbonyl (C=O) groups excluding carboxylic acids is 3. The number of carboxylic acid groups (broad SMARTS) is 1. The molecule has 8 nitrogen and oxygen atoms in total. The van der Waals surface area contributed by atoms with Gasteiger partial charge in [-0.1, -0.05) is 0 Å². The second kappa shape index (κ2) is 5.75. The van der Waals surface area contributed by atoms with Crippen molar-refractivity contribution in [2.75, 3.05) is 12.4 Å². The van der Waals surface area contributed by atoms with Gasteiger partial charge >= 0.3 is 5.97 Å². The zero-order chi connectivity index (χ0) is 18.3. The Morgan fingerprint density at radius 2 is 1.68 bits per heavy atom. The molecule has 0 fully saturated rings. The fraction of sp³-hybridized carbons (Fsp3) is 0.0588. The Kier molecular flexibility index (Phi) is 3.72. The van der Waals surface area contributed by atoms with Crippen molar-refractivity contribution in [1.82, 2.24) is 4.90 Å². The van der Waals surface area contributed by atoms with Gasteiger partial charge in [-0.15, -0.1) is 0 Å². The van der Waals surface area contributed by atoms with Crippen LogP contribution in [0, 0.1) is 0 Å². The molecular weight excluding hydrogens is 328 g/mol. The van der Waals surface area contributed by atoms with Crippen LogP contribution < -0.4 is 5.32 Å². The molecule has 3 amide bonds. The van der Waals surface area contributed by atoms with E-state index in [9.17, 15) is 24.3 Å². The summed E-state index contributed by atoms with van der Waals surface area (Å²) in [7, 11) is 1.36. The molecule has 0 bridgehead atoms. The van der Waals surface area contributed by atoms with Crippen LogP contribution in [0.15, 0.2) is 36.4 Å². The number of hydrogen-bond acceptors (Lipinski definition) is 5. The van der Waals surface area contributed by atoms with Gasteiger partial charge in [-0.2, -0.15) is 0 Å². The lowest BCUT2D eigenvalue weighted by Gasteiger charge is -2.08. The molecule has 0 atom stereocenters. The highest BCUT2D eigenvalue weighted by atomic mass is 16.4. The van der Waals surface area contributed by atoms with Gasteiger partial charge in [0.15, 0.2) is 0 Å². The van der Waals surface area contributed by atoms with Crippen LogP contribution in [-0.4, -0.2) is 45.9 Å². The van der Waals surface area contributed by atoms with Crippen molar-refractivity contribution in [2.45, 2.75) is 0 Å². The Morgan fingerprint density at radius 1 is 1.00 bits per heavy atom. The van der Waals surface area contributed by atoms with Crippen molar-refractivity contribution in [3.05, 3.63) is 58.7 Å². The molecule has 1 aliphatic rings. The summed E-state index contributed by atoms with van der Waals surface area (Å²) in [5.74, 6) is -3.26. The summed E-state index contributed by atoms with van der Waals surface area (Å²) in [5.41, 5.74) is 0.420. The summed E-state index contributed by atoms with van der Waals surface area (Å²) < 4.78 is 0. The molecule has 0 aromatic heterocycles. The van der Waals surface area contributed by atoms with Crippen LogP contribution in [0.25, 0.3) is 0 Å². The first-order valence-corrected chi connectivity index (χ1v) is 7.13. The number of aromatic carboxylic acids is 1. The average molecular weight is 340 g/mol. The molecule has 2 aromatic carbocycles. The molecule has 1 aliphatic heterocycles. The van der Waals surface area contributed by atoms with E-state index in [-0.39, 0.29) is 27.9 Å². The van der Waals surface area contributed by atoms with Gasteiger partial charge in [-0.25, -0.2) is 4.79 Å². The minimum Gasteiger partial charge on any atom is -0.507 e. The van der Waals surface area contributed by atoms with Crippen LogP contribution in [0.4, 0.5) is 5.69 Å². The first-order valence-electron chi connectivity index (χ1n) is 7.13. The van der Waals surface area contributed by atoms with Crippen molar-refractivity contribution in [2.24, 2.45) is 0 Å². The van der Waals surface area contributed by atoms with E-state index in [1.807, 2.05) is 0 Å². The van der Waals surface area contributed by atoms with Gasteiger partial charge in [0, 0.05) is 24.4 Å². The summed E-state index contributed by atoms with van der Waals surface area (Å²) in [6.45, 7) is 0. The number of phenols is 1. The van der Waals surface area contributed by atoms with E-state index in [1.165, 1.54) is 31.3 Å². The predicted molar refractivity (Wildman–Crippen MR) is 85.9 cm³/mol. The predicted octanol–water partition coefficient (Wildman–Crippen LogP) is 1.57. The Labute approximate surface area is 141 Å². The largest absolute Gasteiger partial charge is 0.507 e. The van der Waals surface area contributed by atoms with Crippen LogP contribution in [0.3, 0.4) is 0 Å². The fourth-order valence-corrected chi connectivity index (χ4v) is 2.50. The molecule has 3 rings (SSSR count). The number of rotatable bonds is 3. The molecule has 1 heterocycles. The number of carboxylic acids is 1. The molecule has 0 radical (unpaired) electrons. The molecule has 0 unspecified atom stereocenters. The van der Waals surface area contributed by atoms with Crippen LogP contribution in [0.2, 0.25) is 0 Å². The zero-order valence-electron chi connectivity index (χ0n) is 12.9. The highest BCUT2D eigenvalue weighted by molar-refractivity contribution is 6.22. The number of anilines is 1. The van der Waals surface area contributed by atoms with Crippen LogP contribution in [0.1, 0.15) is 41.4 Å². The number of amides is 3. The van der Waals surface area contributed by atoms with Gasteiger partial charge in [-0.05, 0) is 30.3 Å². The standard InChI is InChI=1S/C17H12N2O6/c1-19-15(22)10-4-2-8(6-12(10)16(19)23)14(21)18-9-3-5-11(17(24)25)13(20)7-9/h2-7,20H,1H3,(H,18,21)(H,24,25). The second-order valence-corrected chi connectivity index (χ2v) is 5.42. The molecule has 25 heavy (non-hydrogen) atoms. The lowest BCUT2D eigenvalue weighted by atomic mass is 10.1. The van der Waals surface area contributed by atoms with E-state index < -0.39 is 29.4 Å². The summed E-state index contributed by atoms with van der Waals surface area (Å²) in [6.07, 6.45) is 0. The molecule has 8 heteroatoms. The smallest absolute Gasteiger partial charge is 0.339 e. The maximum absolute atomic E-state index is 12.3. The van der Waals surface area contributed by atoms with Gasteiger partial charge in [0.25, 0.3) is 17.7 Å². The van der Waals surface area contributed by atoms with E-state index in [0.29, 0.717) is 0 Å². The molecular formula is C17H12N2O6. The number of fused-ring (bicyclic) bond motifs is 1. The molecule has 3 N–H and O–H groups in total. The van der Waals surface area contributed by atoms with Gasteiger partial charge in [-0.3, -0.25) is 19.3 Å². The second-order valence-electron chi connectivity index (χ2n) is 5.42. The van der Waals surface area contributed by atoms with E-state index in [1.54, 1.807) is 0 Å². The first kappa shape index (κ1) is 16.2. The molecule has 0 saturated heterocycles. The highest BCUT2D eigenvalue weighted by Crippen LogP contribution is 2.25. The van der Waals surface area contributed by atoms with Gasteiger partial charge in [0.05, 0.1) is 11.1 Å². The van der Waals surface area contributed by atoms with Crippen molar-refractivity contribution < 1.29 is 29.4 Å². The van der Waals surface area contributed by atoms with E-state index in [4.69, 9.17) is 5.11 Å². The minimum atomic E-state index is -1.29. The Morgan fingerprint density at radius 3 is 2.32 bits per heavy atom. The number of imide groups is 1. The summed E-state index contributed by atoms with van der Waals surface area (Å²) >= 11 is 0. The van der Waals surface area contributed by atoms with Crippen LogP contribution >= 0.6 is 0 Å². The third-order valence-electron chi connectivity index (χ3n) is 3.84. The maximum atomic E-state index is 12.3. The molecule has 0 aliphatic carbocycles. The highest BCUT2D eigenvalue weighted by Gasteiger charge is 2.33. The molecule has 0 saturated carbocycles. The van der Waals surface area contributed by atoms with Crippen molar-refractivity contribution in [1.29, 1.82) is 0 Å². The summed E-state index contributed by atoms with van der Waals surface area (Å²) in [6, 6.07) is 7.73. The topological polar surface area (TPSA) is 124 Å². The van der Waals surface area contributed by atoms with Crippen LogP contribution in [0.5, 0.6) is 5.75 Å². The SMILES string of the molecule is CN1C(=O)c2ccc(C(=O)Nc3ccc(C(=O)O)c(O)c3)cc2C1=O. The third kappa shape index (κ3) is 2.69. The minimum absolute atomic E-state index is 0.143. The number of nitrogens with zero attached hydrogens (tertiary/aromatic N) is 1. The Hall–Kier alpha value is -3.68. The van der Waals surface area contributed by atoms with Gasteiger partial charge in [0.1, 0.15) is 11.3 Å². The number of aromatic hydroxyl groups is 1. The lowest BCUT2D eigenvalue weighted by molar-refractivity contribution is 0.0680. The molecule has 126 valence electrons. The summed E-state index contributed by atoms with van der Waals surface area (Å²) in [5, 5.41) is 21.0. The summed E-state index contributed by atoms with van der Waals surface area (Å²) in [4.78, 5) is 47.9. The fourth-order valence-electron chi connectivity index (χ4n) is 2.50. The number of nitrogens with one attached hydrogen (secondary N) is 1. The van der Waals surface area contributed by atoms with E-state index in [0.717, 1.165) is 17.0 Å². The van der Waals surface area contributed by atoms with Gasteiger partial charge in [0.2, 0.25) is 0 Å². The van der Waals surface area contributed by atoms with Crippen molar-refractivity contribution in [3.8, 4) is 5.75 Å². The molecule has 2 aromatic rings. The third-order valence-corrected chi connectivity index (χ3v) is 3.84. The number of hydrogen-bond donors (Lipinski definition) is 3. The average Bonchev–Trinajstić information content (AvgIpc) is 2.79. The van der Waals surface area contributed by atoms with E-state index in [2.05, 4.69) is 5.32 Å². The van der Waals surface area contributed by atoms with E-state index >= 15 is 0 Å². The van der Waals surface area contributed by atoms with Gasteiger partial charge < -0.3 is 15.5 Å². The first-order chi connectivity index (χ1) is 11.8. The normalized spacial score (nSPS) is 12.9. The Bertz CT molecular complexity index is 950. The van der Waals surface area contributed by atoms with Crippen molar-refractivity contribution >= 4 is 29.4 Å². The quantitative estimate of drug-likeness (QED) is 0.729. The number of carbonyl (C=O) groups is 4.